The number of allylic oxidation sites excluding steroid dienone is 1. The lowest BCUT2D eigenvalue weighted by Gasteiger charge is -2.30. The van der Waals surface area contributed by atoms with Crippen LogP contribution in [0.1, 0.15) is 59.0 Å². The summed E-state index contributed by atoms with van der Waals surface area (Å²) < 4.78 is 5.76. The highest BCUT2D eigenvalue weighted by molar-refractivity contribution is 7.21. The van der Waals surface area contributed by atoms with Crippen molar-refractivity contribution >= 4 is 62.1 Å². The maximum Gasteiger partial charge on any atom is 0.354 e. The minimum atomic E-state index is -1.03. The largest absolute Gasteiger partial charge is 0.477 e. The van der Waals surface area contributed by atoms with Crippen LogP contribution in [0, 0.1) is 12.8 Å². The van der Waals surface area contributed by atoms with Crippen LogP contribution in [0.3, 0.4) is 0 Å². The fraction of sp³-hybridized carbons (Fsp3) is 0.346. The number of pyridine rings is 2. The van der Waals surface area contributed by atoms with Gasteiger partial charge in [-0.2, -0.15) is 0 Å². The molecule has 190 valence electrons. The standard InChI is InChI=1S/C26H23Cl2N5O3S/c1-13-10-19(25(34)35)30-24-21(13)31-26(37-24)33-8-6-14(7-9-33)2-5-16-22(32-36-23(16)15-3-4-15)20-17(27)11-29-12-18(20)28/h2,5,10-12,14-15H,3-4,6-9H2,1H3,(H,34,35)/b5-2+. The fourth-order valence-electron chi connectivity index (χ4n) is 4.74. The molecule has 37 heavy (non-hydrogen) atoms. The highest BCUT2D eigenvalue weighted by Crippen LogP contribution is 2.46. The zero-order chi connectivity index (χ0) is 25.7. The number of fused-ring (bicyclic) bond motifs is 1. The van der Waals surface area contributed by atoms with Gasteiger partial charge in [-0.25, -0.2) is 14.8 Å². The molecule has 4 aromatic rings. The molecule has 6 rings (SSSR count). The van der Waals surface area contributed by atoms with Crippen molar-refractivity contribution in [3.63, 3.8) is 0 Å². The van der Waals surface area contributed by atoms with Gasteiger partial charge in [-0.3, -0.25) is 4.98 Å². The Hall–Kier alpha value is -3.01. The first-order valence-corrected chi connectivity index (χ1v) is 13.7. The molecule has 4 aromatic heterocycles. The predicted molar refractivity (Wildman–Crippen MR) is 145 cm³/mol. The molecule has 0 aromatic carbocycles. The minimum Gasteiger partial charge on any atom is -0.477 e. The second-order valence-electron chi connectivity index (χ2n) is 9.52. The van der Waals surface area contributed by atoms with Crippen LogP contribution in [0.2, 0.25) is 10.0 Å². The van der Waals surface area contributed by atoms with Crippen LogP contribution < -0.4 is 4.90 Å². The number of rotatable bonds is 6. The third-order valence-corrected chi connectivity index (χ3v) is 8.49. The third kappa shape index (κ3) is 4.71. The summed E-state index contributed by atoms with van der Waals surface area (Å²) in [6.07, 6.45) is 11.6. The number of carboxylic acid groups (broad SMARTS) is 1. The molecule has 0 bridgehead atoms. The number of thiazole rings is 1. The average molecular weight is 556 g/mol. The summed E-state index contributed by atoms with van der Waals surface area (Å²) in [6.45, 7) is 3.58. The first-order valence-electron chi connectivity index (χ1n) is 12.1. The molecular formula is C26H23Cl2N5O3S. The molecule has 8 nitrogen and oxygen atoms in total. The number of aryl methyl sites for hydroxylation is 1. The summed E-state index contributed by atoms with van der Waals surface area (Å²) >= 11 is 14.3. The van der Waals surface area contributed by atoms with E-state index < -0.39 is 5.97 Å². The normalized spacial score (nSPS) is 16.8. The van der Waals surface area contributed by atoms with E-state index in [1.807, 2.05) is 6.92 Å². The SMILES string of the molecule is Cc1cc(C(=O)O)nc2sc(N3CCC(/C=C/c4c(-c5c(Cl)cncc5Cl)noc4C4CC4)CC3)nc12. The van der Waals surface area contributed by atoms with Crippen LogP contribution in [0.25, 0.3) is 27.7 Å². The maximum absolute atomic E-state index is 11.4. The van der Waals surface area contributed by atoms with Crippen LogP contribution in [0.4, 0.5) is 5.13 Å². The monoisotopic (exact) mass is 555 g/mol. The highest BCUT2D eigenvalue weighted by atomic mass is 35.5. The van der Waals surface area contributed by atoms with Crippen molar-refractivity contribution in [2.75, 3.05) is 18.0 Å². The van der Waals surface area contributed by atoms with Crippen molar-refractivity contribution in [1.29, 1.82) is 0 Å². The Balaban J connectivity index is 1.20. The van der Waals surface area contributed by atoms with E-state index >= 15 is 0 Å². The van der Waals surface area contributed by atoms with E-state index in [1.165, 1.54) is 11.3 Å². The number of hydrogen-bond donors (Lipinski definition) is 1. The second-order valence-corrected chi connectivity index (χ2v) is 11.3. The van der Waals surface area contributed by atoms with Gasteiger partial charge in [0.05, 0.1) is 10.0 Å². The zero-order valence-corrected chi connectivity index (χ0v) is 22.3. The van der Waals surface area contributed by atoms with Gasteiger partial charge in [-0.1, -0.05) is 51.8 Å². The van der Waals surface area contributed by atoms with Crippen LogP contribution in [-0.4, -0.2) is 44.3 Å². The van der Waals surface area contributed by atoms with Crippen molar-refractivity contribution in [2.24, 2.45) is 5.92 Å². The van der Waals surface area contributed by atoms with E-state index in [0.717, 1.165) is 66.3 Å². The first-order chi connectivity index (χ1) is 17.9. The molecule has 0 radical (unpaired) electrons. The van der Waals surface area contributed by atoms with Crippen molar-refractivity contribution < 1.29 is 14.4 Å². The number of halogens is 2. The van der Waals surface area contributed by atoms with Crippen LogP contribution in [0.5, 0.6) is 0 Å². The summed E-state index contributed by atoms with van der Waals surface area (Å²) in [5.74, 6) is 0.648. The van der Waals surface area contributed by atoms with E-state index in [-0.39, 0.29) is 5.69 Å². The first kappa shape index (κ1) is 24.3. The van der Waals surface area contributed by atoms with Crippen LogP contribution >= 0.6 is 34.5 Å². The Bertz CT molecular complexity index is 1520. The number of aromatic carboxylic acids is 1. The topological polar surface area (TPSA) is 105 Å². The highest BCUT2D eigenvalue weighted by Gasteiger charge is 2.33. The zero-order valence-electron chi connectivity index (χ0n) is 19.9. The van der Waals surface area contributed by atoms with Crippen molar-refractivity contribution in [1.82, 2.24) is 20.1 Å². The number of anilines is 1. The molecule has 1 aliphatic heterocycles. The van der Waals surface area contributed by atoms with Crippen molar-refractivity contribution in [3.8, 4) is 11.3 Å². The van der Waals surface area contributed by atoms with Crippen LogP contribution in [0.15, 0.2) is 29.1 Å². The molecule has 1 N–H and O–H groups in total. The van der Waals surface area contributed by atoms with Crippen molar-refractivity contribution in [2.45, 2.75) is 38.5 Å². The van der Waals surface area contributed by atoms with Gasteiger partial charge in [0.25, 0.3) is 0 Å². The molecule has 11 heteroatoms. The van der Waals surface area contributed by atoms with E-state index in [0.29, 0.717) is 38.0 Å². The van der Waals surface area contributed by atoms with Gasteiger partial charge in [0.15, 0.2) is 5.13 Å². The summed E-state index contributed by atoms with van der Waals surface area (Å²) in [5, 5.41) is 15.4. The van der Waals surface area contributed by atoms with Gasteiger partial charge in [0.1, 0.15) is 27.5 Å². The molecule has 2 aliphatic rings. The Kier molecular flexibility index (Phi) is 6.38. The molecule has 1 saturated heterocycles. The summed E-state index contributed by atoms with van der Waals surface area (Å²) in [4.78, 5) is 27.4. The molecule has 0 atom stereocenters. The Morgan fingerprint density at radius 3 is 2.57 bits per heavy atom. The Morgan fingerprint density at radius 2 is 1.89 bits per heavy atom. The maximum atomic E-state index is 11.4. The molecule has 1 aliphatic carbocycles. The fourth-order valence-corrected chi connectivity index (χ4v) is 6.35. The number of piperidine rings is 1. The van der Waals surface area contributed by atoms with Gasteiger partial charge in [-0.15, -0.1) is 0 Å². The molecular weight excluding hydrogens is 533 g/mol. The van der Waals surface area contributed by atoms with Crippen LogP contribution in [-0.2, 0) is 0 Å². The molecule has 2 fully saturated rings. The third-order valence-electron chi connectivity index (χ3n) is 6.91. The van der Waals surface area contributed by atoms with E-state index in [1.54, 1.807) is 18.5 Å². The molecule has 0 unspecified atom stereocenters. The van der Waals surface area contributed by atoms with Gasteiger partial charge < -0.3 is 14.5 Å². The predicted octanol–water partition coefficient (Wildman–Crippen LogP) is 6.86. The lowest BCUT2D eigenvalue weighted by molar-refractivity contribution is 0.0691. The number of hydrogen-bond acceptors (Lipinski definition) is 8. The molecule has 1 saturated carbocycles. The number of nitrogens with zero attached hydrogens (tertiary/aromatic N) is 5. The van der Waals surface area contributed by atoms with Gasteiger partial charge in [0.2, 0.25) is 0 Å². The number of aromatic nitrogens is 4. The van der Waals surface area contributed by atoms with Gasteiger partial charge >= 0.3 is 5.97 Å². The lowest BCUT2D eigenvalue weighted by Crippen LogP contribution is -2.32. The lowest BCUT2D eigenvalue weighted by atomic mass is 9.95. The minimum absolute atomic E-state index is 0.0528. The van der Waals surface area contributed by atoms with Crippen molar-refractivity contribution in [3.05, 3.63) is 57.2 Å². The van der Waals surface area contributed by atoms with E-state index in [4.69, 9.17) is 32.7 Å². The quantitative estimate of drug-likeness (QED) is 0.275. The smallest absolute Gasteiger partial charge is 0.354 e. The summed E-state index contributed by atoms with van der Waals surface area (Å²) in [6, 6.07) is 1.58. The Morgan fingerprint density at radius 1 is 1.16 bits per heavy atom. The molecule has 0 amide bonds. The number of carbonyl (C=O) groups is 1. The summed E-state index contributed by atoms with van der Waals surface area (Å²) in [7, 11) is 0. The van der Waals surface area contributed by atoms with E-state index in [2.05, 4.69) is 32.2 Å². The second kappa shape index (κ2) is 9.70. The molecule has 5 heterocycles. The van der Waals surface area contributed by atoms with E-state index in [9.17, 15) is 9.90 Å². The van der Waals surface area contributed by atoms with Gasteiger partial charge in [-0.05, 0) is 50.2 Å². The van der Waals surface area contributed by atoms with Gasteiger partial charge in [0, 0.05) is 42.5 Å². The number of carboxylic acids is 1. The average Bonchev–Trinajstić information content (AvgIpc) is 3.49. The summed E-state index contributed by atoms with van der Waals surface area (Å²) in [5.41, 5.74) is 3.90. The molecule has 0 spiro atoms. The Labute approximate surface area is 226 Å².